The van der Waals surface area contributed by atoms with Crippen molar-refractivity contribution in [2.24, 2.45) is 0 Å². The molecule has 100 valence electrons. The van der Waals surface area contributed by atoms with Crippen LogP contribution < -0.4 is 5.73 Å². The monoisotopic (exact) mass is 267 g/mol. The van der Waals surface area contributed by atoms with Gasteiger partial charge < -0.3 is 5.73 Å². The van der Waals surface area contributed by atoms with Crippen LogP contribution in [0.25, 0.3) is 0 Å². The van der Waals surface area contributed by atoms with Crippen molar-refractivity contribution in [2.45, 2.75) is 26.4 Å². The molecule has 4 heteroatoms. The minimum absolute atomic E-state index is 0.642. The number of nitrogens with zero attached hydrogens (tertiary/aromatic N) is 2. The first-order valence-corrected chi connectivity index (χ1v) is 6.94. The number of nitrogens with two attached hydrogens (primary N) is 1. The summed E-state index contributed by atoms with van der Waals surface area (Å²) >= 11 is 6.20. The number of anilines is 1. The third-order valence-corrected chi connectivity index (χ3v) is 3.97. The van der Waals surface area contributed by atoms with Gasteiger partial charge in [0.1, 0.15) is 0 Å². The van der Waals surface area contributed by atoms with Crippen LogP contribution in [0.1, 0.15) is 19.4 Å². The van der Waals surface area contributed by atoms with Crippen LogP contribution >= 0.6 is 11.6 Å². The third kappa shape index (κ3) is 3.37. The molecule has 0 unspecified atom stereocenters. The Labute approximate surface area is 115 Å². The van der Waals surface area contributed by atoms with E-state index in [-0.39, 0.29) is 0 Å². The number of nitrogen functional groups attached to an aromatic ring is 1. The summed E-state index contributed by atoms with van der Waals surface area (Å²) in [7, 11) is 0. The molecule has 0 radical (unpaired) electrons. The summed E-state index contributed by atoms with van der Waals surface area (Å²) in [4.78, 5) is 4.96. The topological polar surface area (TPSA) is 32.5 Å². The predicted molar refractivity (Wildman–Crippen MR) is 77.9 cm³/mol. The highest BCUT2D eigenvalue weighted by molar-refractivity contribution is 6.31. The summed E-state index contributed by atoms with van der Waals surface area (Å²) in [5.41, 5.74) is 7.73. The first kappa shape index (κ1) is 13.7. The zero-order chi connectivity index (χ0) is 13.1. The molecule has 1 aromatic rings. The second kappa shape index (κ2) is 5.91. The van der Waals surface area contributed by atoms with Gasteiger partial charge in [0.05, 0.1) is 0 Å². The molecule has 0 aromatic heterocycles. The lowest BCUT2D eigenvalue weighted by atomic mass is 10.1. The molecule has 1 aromatic carbocycles. The van der Waals surface area contributed by atoms with Gasteiger partial charge in [-0.15, -0.1) is 0 Å². The fourth-order valence-electron chi connectivity index (χ4n) is 2.39. The van der Waals surface area contributed by atoms with Crippen LogP contribution in [0.15, 0.2) is 18.2 Å². The van der Waals surface area contributed by atoms with E-state index in [1.807, 2.05) is 18.2 Å². The van der Waals surface area contributed by atoms with Crippen molar-refractivity contribution < 1.29 is 0 Å². The highest BCUT2D eigenvalue weighted by Gasteiger charge is 2.19. The lowest BCUT2D eigenvalue weighted by molar-refractivity contribution is 0.104. The summed E-state index contributed by atoms with van der Waals surface area (Å²) in [6.45, 7) is 9.88. The standard InChI is InChI=1S/C14H22ClN3/c1-11(2)18-7-5-17(6-8-18)10-12-9-13(16)3-4-14(12)15/h3-4,9,11H,5-8,10,16H2,1-2H3. The first-order valence-electron chi connectivity index (χ1n) is 6.56. The fourth-order valence-corrected chi connectivity index (χ4v) is 2.57. The van der Waals surface area contributed by atoms with E-state index in [2.05, 4.69) is 23.6 Å². The summed E-state index contributed by atoms with van der Waals surface area (Å²) in [6.07, 6.45) is 0. The Morgan fingerprint density at radius 2 is 1.89 bits per heavy atom. The molecule has 0 saturated carbocycles. The van der Waals surface area contributed by atoms with Gasteiger partial charge in [-0.25, -0.2) is 0 Å². The summed E-state index contributed by atoms with van der Waals surface area (Å²) in [5, 5.41) is 0.815. The third-order valence-electron chi connectivity index (χ3n) is 3.60. The van der Waals surface area contributed by atoms with E-state index in [1.54, 1.807) is 0 Å². The summed E-state index contributed by atoms with van der Waals surface area (Å²) < 4.78 is 0. The molecule has 3 nitrogen and oxygen atoms in total. The average Bonchev–Trinajstić information content (AvgIpc) is 2.34. The van der Waals surface area contributed by atoms with Gasteiger partial charge in [-0.1, -0.05) is 11.6 Å². The Hall–Kier alpha value is -0.770. The average molecular weight is 268 g/mol. The lowest BCUT2D eigenvalue weighted by Crippen LogP contribution is -2.48. The van der Waals surface area contributed by atoms with E-state index in [9.17, 15) is 0 Å². The minimum atomic E-state index is 0.642. The van der Waals surface area contributed by atoms with Crippen LogP contribution in [-0.2, 0) is 6.54 Å². The maximum atomic E-state index is 6.20. The van der Waals surface area contributed by atoms with Crippen molar-refractivity contribution in [3.63, 3.8) is 0 Å². The van der Waals surface area contributed by atoms with Gasteiger partial charge in [0, 0.05) is 49.5 Å². The molecule has 1 aliphatic heterocycles. The molecular weight excluding hydrogens is 246 g/mol. The van der Waals surface area contributed by atoms with Gasteiger partial charge in [-0.05, 0) is 37.6 Å². The van der Waals surface area contributed by atoms with Gasteiger partial charge in [-0.2, -0.15) is 0 Å². The molecule has 2 rings (SSSR count). The predicted octanol–water partition coefficient (Wildman–Crippen LogP) is 2.45. The molecule has 0 aliphatic carbocycles. The van der Waals surface area contributed by atoms with Crippen molar-refractivity contribution in [3.8, 4) is 0 Å². The molecule has 1 heterocycles. The molecule has 18 heavy (non-hydrogen) atoms. The Morgan fingerprint density at radius 1 is 1.22 bits per heavy atom. The Balaban J connectivity index is 1.93. The zero-order valence-electron chi connectivity index (χ0n) is 11.2. The van der Waals surface area contributed by atoms with Crippen LogP contribution in [0.2, 0.25) is 5.02 Å². The number of rotatable bonds is 3. The lowest BCUT2D eigenvalue weighted by Gasteiger charge is -2.37. The second-order valence-corrected chi connectivity index (χ2v) is 5.66. The van der Waals surface area contributed by atoms with E-state index in [4.69, 9.17) is 17.3 Å². The van der Waals surface area contributed by atoms with Gasteiger partial charge >= 0.3 is 0 Å². The molecule has 0 atom stereocenters. The van der Waals surface area contributed by atoms with Crippen molar-refractivity contribution in [2.75, 3.05) is 31.9 Å². The Morgan fingerprint density at radius 3 is 2.50 bits per heavy atom. The number of halogens is 1. The zero-order valence-corrected chi connectivity index (χ0v) is 12.0. The smallest absolute Gasteiger partial charge is 0.0452 e. The number of hydrogen-bond acceptors (Lipinski definition) is 3. The quantitative estimate of drug-likeness (QED) is 0.854. The van der Waals surface area contributed by atoms with E-state index in [1.165, 1.54) is 0 Å². The molecule has 1 aliphatic rings. The van der Waals surface area contributed by atoms with Gasteiger partial charge in [-0.3, -0.25) is 9.80 Å². The molecule has 0 bridgehead atoms. The van der Waals surface area contributed by atoms with E-state index < -0.39 is 0 Å². The summed E-state index contributed by atoms with van der Waals surface area (Å²) in [5.74, 6) is 0. The van der Waals surface area contributed by atoms with Crippen LogP contribution in [0.5, 0.6) is 0 Å². The number of hydrogen-bond donors (Lipinski definition) is 1. The molecule has 2 N–H and O–H groups in total. The molecule has 1 saturated heterocycles. The van der Waals surface area contributed by atoms with Crippen LogP contribution in [0, 0.1) is 0 Å². The van der Waals surface area contributed by atoms with E-state index in [0.717, 1.165) is 49.0 Å². The van der Waals surface area contributed by atoms with E-state index >= 15 is 0 Å². The molecule has 0 amide bonds. The fraction of sp³-hybridized carbons (Fsp3) is 0.571. The molecule has 1 fully saturated rings. The second-order valence-electron chi connectivity index (χ2n) is 5.26. The molecular formula is C14H22ClN3. The Kier molecular flexibility index (Phi) is 4.49. The van der Waals surface area contributed by atoms with E-state index in [0.29, 0.717) is 6.04 Å². The summed E-state index contributed by atoms with van der Waals surface area (Å²) in [6, 6.07) is 6.36. The minimum Gasteiger partial charge on any atom is -0.399 e. The van der Waals surface area contributed by atoms with Gasteiger partial charge in [0.25, 0.3) is 0 Å². The maximum Gasteiger partial charge on any atom is 0.0452 e. The van der Waals surface area contributed by atoms with Crippen molar-refractivity contribution in [1.82, 2.24) is 9.80 Å². The number of benzene rings is 1. The van der Waals surface area contributed by atoms with Crippen LogP contribution in [0.3, 0.4) is 0 Å². The maximum absolute atomic E-state index is 6.20. The van der Waals surface area contributed by atoms with Crippen LogP contribution in [0.4, 0.5) is 5.69 Å². The van der Waals surface area contributed by atoms with Gasteiger partial charge in [0.15, 0.2) is 0 Å². The van der Waals surface area contributed by atoms with Crippen molar-refractivity contribution in [3.05, 3.63) is 28.8 Å². The van der Waals surface area contributed by atoms with Crippen molar-refractivity contribution >= 4 is 17.3 Å². The van der Waals surface area contributed by atoms with Crippen LogP contribution in [-0.4, -0.2) is 42.0 Å². The van der Waals surface area contributed by atoms with Gasteiger partial charge in [0.2, 0.25) is 0 Å². The Bertz CT molecular complexity index is 398. The highest BCUT2D eigenvalue weighted by atomic mass is 35.5. The largest absolute Gasteiger partial charge is 0.399 e. The SMILES string of the molecule is CC(C)N1CCN(Cc2cc(N)ccc2Cl)CC1. The highest BCUT2D eigenvalue weighted by Crippen LogP contribution is 2.21. The normalized spacial score (nSPS) is 18.4. The van der Waals surface area contributed by atoms with Crippen molar-refractivity contribution in [1.29, 1.82) is 0 Å². The molecule has 0 spiro atoms. The number of piperazine rings is 1. The first-order chi connectivity index (χ1) is 8.56.